The van der Waals surface area contributed by atoms with Crippen molar-refractivity contribution >= 4 is 17.2 Å². The van der Waals surface area contributed by atoms with E-state index in [9.17, 15) is 0 Å². The second kappa shape index (κ2) is 3.89. The van der Waals surface area contributed by atoms with Gasteiger partial charge in [0.25, 0.3) is 0 Å². The van der Waals surface area contributed by atoms with Gasteiger partial charge in [0.2, 0.25) is 0 Å². The number of hydrogen-bond acceptors (Lipinski definition) is 4. The Morgan fingerprint density at radius 1 is 1.43 bits per heavy atom. The number of aromatic nitrogens is 4. The van der Waals surface area contributed by atoms with Crippen molar-refractivity contribution in [3.63, 3.8) is 0 Å². The summed E-state index contributed by atoms with van der Waals surface area (Å²) in [7, 11) is 0. The molecule has 0 unspecified atom stereocenters. The Balaban J connectivity index is 2.42. The van der Waals surface area contributed by atoms with E-state index < -0.39 is 0 Å². The lowest BCUT2D eigenvalue weighted by atomic mass is 10.3. The van der Waals surface area contributed by atoms with Crippen LogP contribution in [0.25, 0.3) is 5.65 Å². The quantitative estimate of drug-likeness (QED) is 0.814. The van der Waals surface area contributed by atoms with Gasteiger partial charge in [0.15, 0.2) is 10.8 Å². The Hall–Kier alpha value is -1.20. The van der Waals surface area contributed by atoms with E-state index in [1.165, 1.54) is 0 Å². The molecule has 1 N–H and O–H groups in total. The molecule has 0 aliphatic rings. The van der Waals surface area contributed by atoms with Crippen molar-refractivity contribution in [2.45, 2.75) is 12.8 Å². The van der Waals surface area contributed by atoms with E-state index in [2.05, 4.69) is 15.2 Å². The number of aryl methyl sites for hydroxylation is 1. The first-order valence-electron chi connectivity index (χ1n) is 4.28. The van der Waals surface area contributed by atoms with Gasteiger partial charge in [0, 0.05) is 25.4 Å². The third-order valence-electron chi connectivity index (χ3n) is 1.91. The maximum atomic E-state index is 8.70. The highest BCUT2D eigenvalue weighted by Crippen LogP contribution is 2.12. The summed E-state index contributed by atoms with van der Waals surface area (Å²) in [5.74, 6) is 0.790. The summed E-state index contributed by atoms with van der Waals surface area (Å²) < 4.78 is 1.78. The number of fused-ring (bicyclic) bond motifs is 1. The molecule has 6 heteroatoms. The van der Waals surface area contributed by atoms with Gasteiger partial charge >= 0.3 is 0 Å². The second-order valence-corrected chi connectivity index (χ2v) is 3.21. The van der Waals surface area contributed by atoms with Gasteiger partial charge in [-0.05, 0) is 6.42 Å². The van der Waals surface area contributed by atoms with Crippen molar-refractivity contribution in [2.24, 2.45) is 0 Å². The Labute approximate surface area is 85.4 Å². The van der Waals surface area contributed by atoms with Gasteiger partial charge in [-0.15, -0.1) is 10.2 Å². The van der Waals surface area contributed by atoms with E-state index in [1.54, 1.807) is 16.8 Å². The van der Waals surface area contributed by atoms with Crippen molar-refractivity contribution in [1.29, 1.82) is 0 Å². The first kappa shape index (κ1) is 9.36. The molecule has 0 saturated carbocycles. The highest BCUT2D eigenvalue weighted by Gasteiger charge is 2.07. The van der Waals surface area contributed by atoms with Crippen LogP contribution in [0.2, 0.25) is 5.15 Å². The van der Waals surface area contributed by atoms with Gasteiger partial charge < -0.3 is 5.11 Å². The Morgan fingerprint density at radius 3 is 3.07 bits per heavy atom. The Morgan fingerprint density at radius 2 is 2.29 bits per heavy atom. The van der Waals surface area contributed by atoms with Crippen molar-refractivity contribution in [1.82, 2.24) is 19.6 Å². The molecule has 0 aromatic carbocycles. The molecular weight excluding hydrogens is 204 g/mol. The zero-order valence-corrected chi connectivity index (χ0v) is 8.15. The van der Waals surface area contributed by atoms with Crippen LogP contribution < -0.4 is 0 Å². The SMILES string of the molecule is OCCCc1nnc2c(Cl)nccn12. The molecule has 2 aromatic heterocycles. The van der Waals surface area contributed by atoms with Crippen LogP contribution in [0.5, 0.6) is 0 Å². The fourth-order valence-electron chi connectivity index (χ4n) is 1.25. The van der Waals surface area contributed by atoms with Gasteiger partial charge in [0.05, 0.1) is 0 Å². The van der Waals surface area contributed by atoms with Crippen LogP contribution in [-0.4, -0.2) is 31.3 Å². The van der Waals surface area contributed by atoms with Crippen LogP contribution in [0.1, 0.15) is 12.2 Å². The average Bonchev–Trinajstić information content (AvgIpc) is 2.60. The zero-order chi connectivity index (χ0) is 9.97. The van der Waals surface area contributed by atoms with Crippen molar-refractivity contribution in [2.75, 3.05) is 6.61 Å². The zero-order valence-electron chi connectivity index (χ0n) is 7.39. The van der Waals surface area contributed by atoms with Crippen molar-refractivity contribution in [3.8, 4) is 0 Å². The van der Waals surface area contributed by atoms with E-state index in [-0.39, 0.29) is 6.61 Å². The smallest absolute Gasteiger partial charge is 0.198 e. The van der Waals surface area contributed by atoms with Gasteiger partial charge in [-0.2, -0.15) is 0 Å². The van der Waals surface area contributed by atoms with E-state index in [0.29, 0.717) is 23.6 Å². The second-order valence-electron chi connectivity index (χ2n) is 2.86. The van der Waals surface area contributed by atoms with E-state index >= 15 is 0 Å². The number of hydrogen-bond donors (Lipinski definition) is 1. The predicted octanol–water partition coefficient (Wildman–Crippen LogP) is 0.703. The lowest BCUT2D eigenvalue weighted by molar-refractivity contribution is 0.287. The standard InChI is InChI=1S/C8H9ClN4O/c9-7-8-12-11-6(2-1-5-14)13(8)4-3-10-7/h3-4,14H,1-2,5H2. The normalized spacial score (nSPS) is 11.0. The third kappa shape index (κ3) is 1.56. The molecule has 2 aromatic rings. The third-order valence-corrected chi connectivity index (χ3v) is 2.18. The summed E-state index contributed by atoms with van der Waals surface area (Å²) in [6, 6.07) is 0. The number of nitrogens with zero attached hydrogens (tertiary/aromatic N) is 4. The van der Waals surface area contributed by atoms with Crippen LogP contribution in [0, 0.1) is 0 Å². The summed E-state index contributed by atoms with van der Waals surface area (Å²) in [5.41, 5.74) is 0.558. The fraction of sp³-hybridized carbons (Fsp3) is 0.375. The first-order chi connectivity index (χ1) is 6.83. The molecule has 0 atom stereocenters. The fourth-order valence-corrected chi connectivity index (χ4v) is 1.44. The molecule has 0 radical (unpaired) electrons. The molecule has 2 heterocycles. The first-order valence-corrected chi connectivity index (χ1v) is 4.65. The number of rotatable bonds is 3. The van der Waals surface area contributed by atoms with Crippen LogP contribution in [0.3, 0.4) is 0 Å². The molecule has 0 saturated heterocycles. The minimum Gasteiger partial charge on any atom is -0.396 e. The van der Waals surface area contributed by atoms with Crippen molar-refractivity contribution in [3.05, 3.63) is 23.4 Å². The summed E-state index contributed by atoms with van der Waals surface area (Å²) in [4.78, 5) is 3.89. The lowest BCUT2D eigenvalue weighted by Gasteiger charge is -1.97. The highest BCUT2D eigenvalue weighted by molar-refractivity contribution is 6.32. The lowest BCUT2D eigenvalue weighted by Crippen LogP contribution is -1.97. The maximum absolute atomic E-state index is 8.70. The van der Waals surface area contributed by atoms with Crippen LogP contribution in [0.15, 0.2) is 12.4 Å². The summed E-state index contributed by atoms with van der Waals surface area (Å²) in [6.07, 6.45) is 4.70. The van der Waals surface area contributed by atoms with E-state index in [0.717, 1.165) is 5.82 Å². The van der Waals surface area contributed by atoms with Gasteiger partial charge in [-0.1, -0.05) is 11.6 Å². The van der Waals surface area contributed by atoms with Gasteiger partial charge in [0.1, 0.15) is 5.82 Å². The summed E-state index contributed by atoms with van der Waals surface area (Å²) >= 11 is 5.82. The maximum Gasteiger partial charge on any atom is 0.198 e. The summed E-state index contributed by atoms with van der Waals surface area (Å²) in [5, 5.41) is 16.9. The molecule has 2 rings (SSSR count). The predicted molar refractivity (Wildman–Crippen MR) is 51.2 cm³/mol. The minimum atomic E-state index is 0.147. The molecule has 74 valence electrons. The molecule has 0 amide bonds. The van der Waals surface area contributed by atoms with Crippen LogP contribution in [0.4, 0.5) is 0 Å². The van der Waals surface area contributed by atoms with Crippen LogP contribution in [-0.2, 0) is 6.42 Å². The molecular formula is C8H9ClN4O. The van der Waals surface area contributed by atoms with E-state index in [4.69, 9.17) is 16.7 Å². The highest BCUT2D eigenvalue weighted by atomic mass is 35.5. The summed E-state index contributed by atoms with van der Waals surface area (Å²) in [6.45, 7) is 0.147. The monoisotopic (exact) mass is 212 g/mol. The molecule has 14 heavy (non-hydrogen) atoms. The number of aliphatic hydroxyl groups excluding tert-OH is 1. The number of aliphatic hydroxyl groups is 1. The largest absolute Gasteiger partial charge is 0.396 e. The number of halogens is 1. The van der Waals surface area contributed by atoms with Gasteiger partial charge in [-0.3, -0.25) is 4.40 Å². The molecule has 0 spiro atoms. The van der Waals surface area contributed by atoms with Crippen molar-refractivity contribution < 1.29 is 5.11 Å². The Kier molecular flexibility index (Phi) is 2.60. The van der Waals surface area contributed by atoms with E-state index in [1.807, 2.05) is 0 Å². The average molecular weight is 213 g/mol. The topological polar surface area (TPSA) is 63.3 Å². The van der Waals surface area contributed by atoms with Crippen LogP contribution >= 0.6 is 11.6 Å². The van der Waals surface area contributed by atoms with Gasteiger partial charge in [-0.25, -0.2) is 4.98 Å². The molecule has 0 aliphatic heterocycles. The molecule has 0 aliphatic carbocycles. The molecule has 0 bridgehead atoms. The minimum absolute atomic E-state index is 0.147. The Bertz CT molecular complexity index is 442. The molecule has 5 nitrogen and oxygen atoms in total. The molecule has 0 fully saturated rings.